The highest BCUT2D eigenvalue weighted by molar-refractivity contribution is 5.11. The maximum Gasteiger partial charge on any atom is 0.0578 e. The third-order valence-corrected chi connectivity index (χ3v) is 4.04. The fraction of sp³-hybridized carbons (Fsp3) is 0.688. The molecule has 1 aliphatic rings. The van der Waals surface area contributed by atoms with Crippen molar-refractivity contribution < 1.29 is 0 Å². The van der Waals surface area contributed by atoms with Crippen molar-refractivity contribution in [3.05, 3.63) is 30.1 Å². The molecule has 0 bridgehead atoms. The predicted octanol–water partition coefficient (Wildman–Crippen LogP) is 2.85. The molecule has 1 aliphatic heterocycles. The van der Waals surface area contributed by atoms with Gasteiger partial charge >= 0.3 is 0 Å². The number of aromatic nitrogens is 1. The second kappa shape index (κ2) is 7.01. The Labute approximate surface area is 117 Å². The van der Waals surface area contributed by atoms with Crippen molar-refractivity contribution in [3.8, 4) is 0 Å². The number of likely N-dealkylation sites (tertiary alicyclic amines) is 1. The van der Waals surface area contributed by atoms with Crippen molar-refractivity contribution in [1.82, 2.24) is 15.2 Å². The summed E-state index contributed by atoms with van der Waals surface area (Å²) in [4.78, 5) is 7.09. The molecule has 0 saturated carbocycles. The van der Waals surface area contributed by atoms with E-state index in [1.165, 1.54) is 31.5 Å². The molecular weight excluding hydrogens is 234 g/mol. The zero-order valence-electron chi connectivity index (χ0n) is 12.5. The highest BCUT2D eigenvalue weighted by atomic mass is 15.1. The molecule has 2 unspecified atom stereocenters. The minimum Gasteiger partial charge on any atom is -0.314 e. The molecule has 1 saturated heterocycles. The second-order valence-electron chi connectivity index (χ2n) is 6.00. The summed E-state index contributed by atoms with van der Waals surface area (Å²) in [5, 5.41) is 3.61. The number of pyridine rings is 1. The van der Waals surface area contributed by atoms with Crippen LogP contribution in [0, 0.1) is 5.92 Å². The summed E-state index contributed by atoms with van der Waals surface area (Å²) in [7, 11) is 2.24. The maximum absolute atomic E-state index is 4.60. The molecule has 0 aliphatic carbocycles. The van der Waals surface area contributed by atoms with Crippen LogP contribution in [0.2, 0.25) is 0 Å². The molecule has 1 aromatic rings. The Hall–Kier alpha value is -0.930. The van der Waals surface area contributed by atoms with Crippen molar-refractivity contribution in [2.45, 2.75) is 45.2 Å². The lowest BCUT2D eigenvalue weighted by Crippen LogP contribution is -2.37. The van der Waals surface area contributed by atoms with Crippen LogP contribution >= 0.6 is 0 Å². The van der Waals surface area contributed by atoms with Crippen LogP contribution in [0.3, 0.4) is 0 Å². The molecule has 2 rings (SSSR count). The number of nitrogens with one attached hydrogen (secondary N) is 1. The van der Waals surface area contributed by atoms with Crippen LogP contribution in [0.15, 0.2) is 24.4 Å². The summed E-state index contributed by atoms with van der Waals surface area (Å²) in [6, 6.07) is 7.29. The smallest absolute Gasteiger partial charge is 0.0578 e. The minimum atomic E-state index is 0.454. The minimum absolute atomic E-state index is 0.454. The van der Waals surface area contributed by atoms with E-state index in [4.69, 9.17) is 0 Å². The fourth-order valence-corrected chi connectivity index (χ4v) is 3.04. The van der Waals surface area contributed by atoms with Gasteiger partial charge in [0.15, 0.2) is 0 Å². The van der Waals surface area contributed by atoms with Crippen LogP contribution in [-0.4, -0.2) is 36.1 Å². The standard InChI is InChI=1S/C16H27N3/c1-13(2)18-12-14-8-5-7-11-19(3)16(14)15-9-4-6-10-17-15/h4,6,9-10,13-14,16,18H,5,7-8,11-12H2,1-3H3. The molecule has 106 valence electrons. The van der Waals surface area contributed by atoms with Crippen LogP contribution in [-0.2, 0) is 0 Å². The molecule has 2 atom stereocenters. The lowest BCUT2D eigenvalue weighted by Gasteiger charge is -2.32. The molecule has 0 radical (unpaired) electrons. The van der Waals surface area contributed by atoms with Gasteiger partial charge in [-0.2, -0.15) is 0 Å². The van der Waals surface area contributed by atoms with Gasteiger partial charge in [-0.1, -0.05) is 26.3 Å². The lowest BCUT2D eigenvalue weighted by molar-refractivity contribution is 0.183. The molecule has 0 aromatic carbocycles. The summed E-state index contributed by atoms with van der Waals surface area (Å²) in [5.74, 6) is 0.657. The van der Waals surface area contributed by atoms with E-state index >= 15 is 0 Å². The third-order valence-electron chi connectivity index (χ3n) is 4.04. The maximum atomic E-state index is 4.60. The summed E-state index contributed by atoms with van der Waals surface area (Å²) in [5.41, 5.74) is 1.22. The Morgan fingerprint density at radius 3 is 2.89 bits per heavy atom. The van der Waals surface area contributed by atoms with Crippen molar-refractivity contribution in [2.24, 2.45) is 5.92 Å². The van der Waals surface area contributed by atoms with E-state index in [1.54, 1.807) is 0 Å². The van der Waals surface area contributed by atoms with Crippen molar-refractivity contribution in [2.75, 3.05) is 20.1 Å². The van der Waals surface area contributed by atoms with Crippen LogP contribution in [0.1, 0.15) is 44.8 Å². The first-order valence-electron chi connectivity index (χ1n) is 7.53. The Morgan fingerprint density at radius 2 is 2.21 bits per heavy atom. The number of rotatable bonds is 4. The molecule has 3 heteroatoms. The molecule has 3 nitrogen and oxygen atoms in total. The summed E-state index contributed by atoms with van der Waals surface area (Å²) < 4.78 is 0. The summed E-state index contributed by atoms with van der Waals surface area (Å²) >= 11 is 0. The van der Waals surface area contributed by atoms with E-state index in [0.29, 0.717) is 18.0 Å². The first kappa shape index (κ1) is 14.5. The van der Waals surface area contributed by atoms with E-state index in [-0.39, 0.29) is 0 Å². The van der Waals surface area contributed by atoms with Crippen molar-refractivity contribution >= 4 is 0 Å². The Bertz CT molecular complexity index is 364. The molecule has 1 aromatic heterocycles. The Balaban J connectivity index is 2.16. The van der Waals surface area contributed by atoms with Crippen molar-refractivity contribution in [3.63, 3.8) is 0 Å². The summed E-state index contributed by atoms with van der Waals surface area (Å²) in [6.45, 7) is 6.70. The zero-order chi connectivity index (χ0) is 13.7. The highest BCUT2D eigenvalue weighted by Crippen LogP contribution is 2.32. The quantitative estimate of drug-likeness (QED) is 0.903. The highest BCUT2D eigenvalue weighted by Gasteiger charge is 2.29. The summed E-state index contributed by atoms with van der Waals surface area (Å²) in [6.07, 6.45) is 5.85. The largest absolute Gasteiger partial charge is 0.314 e. The van der Waals surface area contributed by atoms with E-state index in [0.717, 1.165) is 6.54 Å². The fourth-order valence-electron chi connectivity index (χ4n) is 3.04. The van der Waals surface area contributed by atoms with Crippen LogP contribution in [0.4, 0.5) is 0 Å². The average Bonchev–Trinajstić information content (AvgIpc) is 2.59. The van der Waals surface area contributed by atoms with Gasteiger partial charge in [-0.3, -0.25) is 9.88 Å². The van der Waals surface area contributed by atoms with Gasteiger partial charge in [-0.05, 0) is 44.5 Å². The van der Waals surface area contributed by atoms with Crippen LogP contribution in [0.5, 0.6) is 0 Å². The Kier molecular flexibility index (Phi) is 5.34. The van der Waals surface area contributed by atoms with Gasteiger partial charge in [0.2, 0.25) is 0 Å². The van der Waals surface area contributed by atoms with Gasteiger partial charge in [0, 0.05) is 18.8 Å². The lowest BCUT2D eigenvalue weighted by atomic mass is 9.91. The molecular formula is C16H27N3. The first-order chi connectivity index (χ1) is 9.18. The van der Waals surface area contributed by atoms with Gasteiger partial charge in [0.1, 0.15) is 0 Å². The number of hydrogen-bond acceptors (Lipinski definition) is 3. The van der Waals surface area contributed by atoms with Crippen molar-refractivity contribution in [1.29, 1.82) is 0 Å². The monoisotopic (exact) mass is 261 g/mol. The predicted molar refractivity (Wildman–Crippen MR) is 80.1 cm³/mol. The van der Waals surface area contributed by atoms with Gasteiger partial charge in [-0.25, -0.2) is 0 Å². The average molecular weight is 261 g/mol. The SMILES string of the molecule is CC(C)NCC1CCCCN(C)C1c1ccccn1. The second-order valence-corrected chi connectivity index (χ2v) is 6.00. The molecule has 1 N–H and O–H groups in total. The van der Waals surface area contributed by atoms with E-state index < -0.39 is 0 Å². The third kappa shape index (κ3) is 4.02. The topological polar surface area (TPSA) is 28.2 Å². The molecule has 1 fully saturated rings. The van der Waals surface area contributed by atoms with Gasteiger partial charge in [0.05, 0.1) is 11.7 Å². The first-order valence-corrected chi connectivity index (χ1v) is 7.53. The molecule has 0 amide bonds. The van der Waals surface area contributed by atoms with Crippen LogP contribution < -0.4 is 5.32 Å². The van der Waals surface area contributed by atoms with Gasteiger partial charge in [0.25, 0.3) is 0 Å². The molecule has 2 heterocycles. The zero-order valence-corrected chi connectivity index (χ0v) is 12.5. The van der Waals surface area contributed by atoms with E-state index in [1.807, 2.05) is 12.3 Å². The molecule has 19 heavy (non-hydrogen) atoms. The van der Waals surface area contributed by atoms with Gasteiger partial charge in [-0.15, -0.1) is 0 Å². The Morgan fingerprint density at radius 1 is 1.37 bits per heavy atom. The van der Waals surface area contributed by atoms with Gasteiger partial charge < -0.3 is 5.32 Å². The number of hydrogen-bond donors (Lipinski definition) is 1. The normalized spacial score (nSPS) is 25.5. The van der Waals surface area contributed by atoms with Crippen LogP contribution in [0.25, 0.3) is 0 Å². The number of nitrogens with zero attached hydrogens (tertiary/aromatic N) is 2. The van der Waals surface area contributed by atoms with E-state index in [2.05, 4.69) is 48.2 Å². The van der Waals surface area contributed by atoms with E-state index in [9.17, 15) is 0 Å². The molecule has 0 spiro atoms.